The smallest absolute Gasteiger partial charge is 0.165 e. The maximum Gasteiger partial charge on any atom is 0.165 e. The second-order valence-corrected chi connectivity index (χ2v) is 5.40. The van der Waals surface area contributed by atoms with E-state index >= 15 is 0 Å². The molecule has 106 valence electrons. The number of imidazole rings is 1. The van der Waals surface area contributed by atoms with E-state index in [-0.39, 0.29) is 0 Å². The number of pyridine rings is 1. The van der Waals surface area contributed by atoms with Gasteiger partial charge in [0.15, 0.2) is 5.16 Å². The van der Waals surface area contributed by atoms with Crippen molar-refractivity contribution < 1.29 is 4.74 Å². The van der Waals surface area contributed by atoms with Crippen molar-refractivity contribution in [3.05, 3.63) is 72.3 Å². The van der Waals surface area contributed by atoms with E-state index < -0.39 is 0 Å². The third-order valence-electron chi connectivity index (χ3n) is 2.88. The van der Waals surface area contributed by atoms with Crippen molar-refractivity contribution in [2.45, 2.75) is 17.5 Å². The summed E-state index contributed by atoms with van der Waals surface area (Å²) in [5.41, 5.74) is 2.16. The summed E-state index contributed by atoms with van der Waals surface area (Å²) in [6, 6.07) is 13.9. The Morgan fingerprint density at radius 3 is 2.62 bits per heavy atom. The average Bonchev–Trinajstić information content (AvgIpc) is 3.06. The van der Waals surface area contributed by atoms with E-state index in [1.165, 1.54) is 5.56 Å². The number of benzene rings is 1. The largest absolute Gasteiger partial charge is 0.487 e. The minimum absolute atomic E-state index is 0.487. The first-order valence-corrected chi connectivity index (χ1v) is 7.62. The van der Waals surface area contributed by atoms with Crippen molar-refractivity contribution in [3.63, 3.8) is 0 Å². The topological polar surface area (TPSA) is 50.8 Å². The Hall–Kier alpha value is -2.27. The molecule has 1 aromatic carbocycles. The maximum absolute atomic E-state index is 5.71. The molecule has 4 nitrogen and oxygen atoms in total. The van der Waals surface area contributed by atoms with Gasteiger partial charge in [0, 0.05) is 24.3 Å². The molecule has 1 N–H and O–H groups in total. The van der Waals surface area contributed by atoms with Gasteiger partial charge < -0.3 is 9.72 Å². The lowest BCUT2D eigenvalue weighted by Gasteiger charge is -2.06. The SMILES string of the molecule is c1ccc(COc2ccc(CSc3ncc[nH]3)cc2)nc1. The number of nitrogens with one attached hydrogen (secondary N) is 1. The lowest BCUT2D eigenvalue weighted by Crippen LogP contribution is -1.97. The van der Waals surface area contributed by atoms with Crippen molar-refractivity contribution in [1.82, 2.24) is 15.0 Å². The van der Waals surface area contributed by atoms with Gasteiger partial charge in [-0.15, -0.1) is 0 Å². The van der Waals surface area contributed by atoms with Gasteiger partial charge in [0.1, 0.15) is 12.4 Å². The first-order chi connectivity index (χ1) is 10.4. The molecule has 0 aliphatic carbocycles. The van der Waals surface area contributed by atoms with Gasteiger partial charge in [-0.3, -0.25) is 4.98 Å². The predicted octanol–water partition coefficient (Wildman–Crippen LogP) is 3.68. The van der Waals surface area contributed by atoms with Crippen LogP contribution in [0.2, 0.25) is 0 Å². The quantitative estimate of drug-likeness (QED) is 0.705. The fourth-order valence-electron chi connectivity index (χ4n) is 1.80. The molecular weight excluding hydrogens is 282 g/mol. The van der Waals surface area contributed by atoms with Crippen LogP contribution in [0.15, 0.2) is 66.2 Å². The molecule has 0 amide bonds. The summed E-state index contributed by atoms with van der Waals surface area (Å²) in [4.78, 5) is 11.5. The minimum atomic E-state index is 0.487. The number of hydrogen-bond donors (Lipinski definition) is 1. The number of thioether (sulfide) groups is 1. The zero-order chi connectivity index (χ0) is 14.3. The Bertz CT molecular complexity index is 654. The van der Waals surface area contributed by atoms with Crippen LogP contribution in [0.1, 0.15) is 11.3 Å². The van der Waals surface area contributed by atoms with E-state index in [0.717, 1.165) is 22.4 Å². The number of hydrogen-bond acceptors (Lipinski definition) is 4. The highest BCUT2D eigenvalue weighted by molar-refractivity contribution is 7.98. The van der Waals surface area contributed by atoms with E-state index in [2.05, 4.69) is 27.1 Å². The van der Waals surface area contributed by atoms with Gasteiger partial charge in [-0.25, -0.2) is 4.98 Å². The first-order valence-electron chi connectivity index (χ1n) is 6.64. The van der Waals surface area contributed by atoms with Crippen molar-refractivity contribution in [1.29, 1.82) is 0 Å². The molecule has 0 saturated carbocycles. The van der Waals surface area contributed by atoms with E-state index in [1.807, 2.05) is 36.5 Å². The highest BCUT2D eigenvalue weighted by Crippen LogP contribution is 2.21. The zero-order valence-electron chi connectivity index (χ0n) is 11.4. The van der Waals surface area contributed by atoms with Crippen molar-refractivity contribution in [2.75, 3.05) is 0 Å². The number of ether oxygens (including phenoxy) is 1. The molecule has 0 aliphatic rings. The zero-order valence-corrected chi connectivity index (χ0v) is 12.2. The Balaban J connectivity index is 1.52. The molecular formula is C16H15N3OS. The normalized spacial score (nSPS) is 10.5. The summed E-state index contributed by atoms with van der Waals surface area (Å²) < 4.78 is 5.71. The molecule has 2 heterocycles. The second kappa shape index (κ2) is 6.95. The lowest BCUT2D eigenvalue weighted by molar-refractivity contribution is 0.301. The van der Waals surface area contributed by atoms with E-state index in [9.17, 15) is 0 Å². The van der Waals surface area contributed by atoms with Crippen LogP contribution in [0.5, 0.6) is 5.75 Å². The molecule has 0 spiro atoms. The standard InChI is InChI=1S/C16H15N3OS/c1-2-8-17-14(3-1)11-20-15-6-4-13(5-7-15)12-21-16-18-9-10-19-16/h1-10H,11-12H2,(H,18,19). The van der Waals surface area contributed by atoms with Gasteiger partial charge >= 0.3 is 0 Å². The Kier molecular flexibility index (Phi) is 4.53. The van der Waals surface area contributed by atoms with Gasteiger partial charge in [0.25, 0.3) is 0 Å². The van der Waals surface area contributed by atoms with Crippen LogP contribution in [-0.2, 0) is 12.4 Å². The van der Waals surface area contributed by atoms with Crippen LogP contribution in [0, 0.1) is 0 Å². The number of aromatic amines is 1. The number of H-pyrrole nitrogens is 1. The molecule has 0 bridgehead atoms. The minimum Gasteiger partial charge on any atom is -0.487 e. The maximum atomic E-state index is 5.71. The van der Waals surface area contributed by atoms with Crippen LogP contribution in [0.4, 0.5) is 0 Å². The summed E-state index contributed by atoms with van der Waals surface area (Å²) in [7, 11) is 0. The van der Waals surface area contributed by atoms with Gasteiger partial charge in [0.05, 0.1) is 5.69 Å². The molecule has 0 atom stereocenters. The van der Waals surface area contributed by atoms with E-state index in [0.29, 0.717) is 6.61 Å². The third-order valence-corrected chi connectivity index (χ3v) is 3.86. The molecule has 0 fully saturated rings. The van der Waals surface area contributed by atoms with Crippen LogP contribution < -0.4 is 4.74 Å². The Morgan fingerprint density at radius 1 is 1.00 bits per heavy atom. The number of aromatic nitrogens is 3. The fourth-order valence-corrected chi connectivity index (χ4v) is 2.59. The molecule has 0 unspecified atom stereocenters. The number of rotatable bonds is 6. The molecule has 2 aromatic heterocycles. The van der Waals surface area contributed by atoms with E-state index in [1.54, 1.807) is 24.2 Å². The van der Waals surface area contributed by atoms with Gasteiger partial charge in [-0.1, -0.05) is 30.0 Å². The highest BCUT2D eigenvalue weighted by Gasteiger charge is 2.00. The van der Waals surface area contributed by atoms with Crippen LogP contribution in [-0.4, -0.2) is 15.0 Å². The monoisotopic (exact) mass is 297 g/mol. The van der Waals surface area contributed by atoms with Gasteiger partial charge in [0.2, 0.25) is 0 Å². The van der Waals surface area contributed by atoms with Crippen molar-refractivity contribution in [2.24, 2.45) is 0 Å². The van der Waals surface area contributed by atoms with Crippen LogP contribution >= 0.6 is 11.8 Å². The van der Waals surface area contributed by atoms with E-state index in [4.69, 9.17) is 4.74 Å². The van der Waals surface area contributed by atoms with Gasteiger partial charge in [-0.2, -0.15) is 0 Å². The first kappa shape index (κ1) is 13.7. The van der Waals surface area contributed by atoms with Gasteiger partial charge in [-0.05, 0) is 29.8 Å². The summed E-state index contributed by atoms with van der Waals surface area (Å²) in [5.74, 6) is 1.74. The Labute approximate surface area is 127 Å². The Morgan fingerprint density at radius 2 is 1.90 bits per heavy atom. The molecule has 21 heavy (non-hydrogen) atoms. The summed E-state index contributed by atoms with van der Waals surface area (Å²) >= 11 is 1.68. The molecule has 0 saturated heterocycles. The average molecular weight is 297 g/mol. The van der Waals surface area contributed by atoms with Crippen molar-refractivity contribution in [3.8, 4) is 5.75 Å². The molecule has 3 rings (SSSR count). The predicted molar refractivity (Wildman–Crippen MR) is 83.2 cm³/mol. The van der Waals surface area contributed by atoms with Crippen LogP contribution in [0.25, 0.3) is 0 Å². The lowest BCUT2D eigenvalue weighted by atomic mass is 10.2. The molecule has 0 radical (unpaired) electrons. The number of nitrogens with zero attached hydrogens (tertiary/aromatic N) is 2. The van der Waals surface area contributed by atoms with Crippen LogP contribution in [0.3, 0.4) is 0 Å². The summed E-state index contributed by atoms with van der Waals surface area (Å²) in [6.45, 7) is 0.487. The summed E-state index contributed by atoms with van der Waals surface area (Å²) in [6.07, 6.45) is 5.36. The molecule has 3 aromatic rings. The fraction of sp³-hybridized carbons (Fsp3) is 0.125. The highest BCUT2D eigenvalue weighted by atomic mass is 32.2. The molecule has 0 aliphatic heterocycles. The van der Waals surface area contributed by atoms with Crippen molar-refractivity contribution >= 4 is 11.8 Å². The third kappa shape index (κ3) is 4.10. The molecule has 5 heteroatoms. The second-order valence-electron chi connectivity index (χ2n) is 4.44. The summed E-state index contributed by atoms with van der Waals surface area (Å²) in [5, 5.41) is 0.936.